The first-order valence-corrected chi connectivity index (χ1v) is 14.0. The summed E-state index contributed by atoms with van der Waals surface area (Å²) in [4.78, 5) is 16.1. The molecule has 4 nitrogen and oxygen atoms in total. The summed E-state index contributed by atoms with van der Waals surface area (Å²) in [5.74, 6) is 1.00. The Morgan fingerprint density at radius 2 is 1.32 bits per heavy atom. The summed E-state index contributed by atoms with van der Waals surface area (Å²) < 4.78 is 11.8. The predicted octanol–water partition coefficient (Wildman–Crippen LogP) is 9.01. The minimum Gasteiger partial charge on any atom is -0.493 e. The van der Waals surface area contributed by atoms with Gasteiger partial charge in [-0.2, -0.15) is 0 Å². The van der Waals surface area contributed by atoms with E-state index in [0.29, 0.717) is 40.3 Å². The molecule has 0 radical (unpaired) electrons. The van der Waals surface area contributed by atoms with Crippen molar-refractivity contribution in [3.05, 3.63) is 165 Å². The van der Waals surface area contributed by atoms with Crippen LogP contribution in [0, 0.1) is 0 Å². The Kier molecular flexibility index (Phi) is 9.25. The Morgan fingerprint density at radius 1 is 0.707 bits per heavy atom. The molecule has 0 fully saturated rings. The molecule has 0 atom stereocenters. The Morgan fingerprint density at radius 3 is 1.90 bits per heavy atom. The lowest BCUT2D eigenvalue weighted by Crippen LogP contribution is -2.35. The molecule has 5 rings (SSSR count). The molecule has 0 heterocycles. The number of rotatable bonds is 10. The number of hydrogen-bond donors (Lipinski definition) is 0. The van der Waals surface area contributed by atoms with Crippen LogP contribution in [0.25, 0.3) is 0 Å². The maximum atomic E-state index is 14.3. The monoisotopic (exact) mass is 581 g/mol. The van der Waals surface area contributed by atoms with Gasteiger partial charge in [0, 0.05) is 11.6 Å². The van der Waals surface area contributed by atoms with Crippen molar-refractivity contribution in [3.8, 4) is 11.5 Å². The molecule has 0 aromatic heterocycles. The summed E-state index contributed by atoms with van der Waals surface area (Å²) in [5.41, 5.74) is 4.27. The Hall–Kier alpha value is -4.25. The molecule has 5 aromatic rings. The van der Waals surface area contributed by atoms with Gasteiger partial charge in [-0.05, 0) is 52.6 Å². The van der Waals surface area contributed by atoms with E-state index in [4.69, 9.17) is 32.7 Å². The zero-order valence-corrected chi connectivity index (χ0v) is 24.1. The number of methoxy groups -OCH3 is 1. The first-order valence-electron chi connectivity index (χ1n) is 13.2. The molecule has 1 amide bonds. The van der Waals surface area contributed by atoms with Gasteiger partial charge in [0.15, 0.2) is 11.5 Å². The zero-order chi connectivity index (χ0) is 28.6. The molecule has 0 spiro atoms. The van der Waals surface area contributed by atoms with Gasteiger partial charge in [-0.25, -0.2) is 0 Å². The minimum atomic E-state index is -0.378. The summed E-state index contributed by atoms with van der Waals surface area (Å²) in [6.45, 7) is 0.710. The van der Waals surface area contributed by atoms with Crippen LogP contribution in [0.5, 0.6) is 11.5 Å². The fraction of sp³-hybridized carbons (Fsp3) is 0.114. The maximum absolute atomic E-state index is 14.3. The number of carbonyl (C=O) groups is 1. The largest absolute Gasteiger partial charge is 0.493 e. The van der Waals surface area contributed by atoms with Gasteiger partial charge in [-0.15, -0.1) is 0 Å². The molecule has 0 aliphatic carbocycles. The van der Waals surface area contributed by atoms with Crippen LogP contribution in [0.1, 0.15) is 38.7 Å². The lowest BCUT2D eigenvalue weighted by molar-refractivity contribution is 0.0690. The highest BCUT2D eigenvalue weighted by Gasteiger charge is 2.29. The summed E-state index contributed by atoms with van der Waals surface area (Å²) in [6, 6.07) is 40.2. The van der Waals surface area contributed by atoms with E-state index in [1.165, 1.54) is 0 Å². The number of ether oxygens (including phenoxy) is 2. The second kappa shape index (κ2) is 13.4. The van der Waals surface area contributed by atoms with E-state index in [0.717, 1.165) is 22.3 Å². The van der Waals surface area contributed by atoms with Gasteiger partial charge in [-0.3, -0.25) is 4.79 Å². The van der Waals surface area contributed by atoms with Crippen molar-refractivity contribution < 1.29 is 14.3 Å². The Bertz CT molecular complexity index is 1560. The molecule has 206 valence electrons. The number of benzene rings is 5. The van der Waals surface area contributed by atoms with Crippen molar-refractivity contribution in [3.63, 3.8) is 0 Å². The summed E-state index contributed by atoms with van der Waals surface area (Å²) in [6.07, 6.45) is 0. The molecule has 0 bridgehead atoms. The molecular weight excluding hydrogens is 553 g/mol. The van der Waals surface area contributed by atoms with Crippen LogP contribution in [0.2, 0.25) is 10.0 Å². The van der Waals surface area contributed by atoms with Gasteiger partial charge in [0.25, 0.3) is 5.91 Å². The average Bonchev–Trinajstić information content (AvgIpc) is 3.01. The lowest BCUT2D eigenvalue weighted by atomic mass is 9.95. The number of hydrogen-bond acceptors (Lipinski definition) is 3. The van der Waals surface area contributed by atoms with Crippen molar-refractivity contribution in [1.29, 1.82) is 0 Å². The number of nitrogens with zero attached hydrogens (tertiary/aromatic N) is 1. The first kappa shape index (κ1) is 28.3. The normalized spacial score (nSPS) is 10.8. The smallest absolute Gasteiger partial charge is 0.256 e. The van der Waals surface area contributed by atoms with Gasteiger partial charge in [0.05, 0.1) is 23.7 Å². The predicted molar refractivity (Wildman–Crippen MR) is 165 cm³/mol. The van der Waals surface area contributed by atoms with Crippen molar-refractivity contribution in [2.75, 3.05) is 7.11 Å². The molecule has 0 aliphatic heterocycles. The quantitative estimate of drug-likeness (QED) is 0.165. The highest BCUT2D eigenvalue weighted by atomic mass is 35.5. The molecule has 0 saturated heterocycles. The molecule has 0 N–H and O–H groups in total. The molecule has 6 heteroatoms. The van der Waals surface area contributed by atoms with Gasteiger partial charge < -0.3 is 14.4 Å². The molecule has 0 saturated carbocycles. The fourth-order valence-corrected chi connectivity index (χ4v) is 5.27. The van der Waals surface area contributed by atoms with Crippen molar-refractivity contribution in [1.82, 2.24) is 4.90 Å². The Balaban J connectivity index is 1.54. The van der Waals surface area contributed by atoms with Crippen LogP contribution in [-0.2, 0) is 13.2 Å². The topological polar surface area (TPSA) is 38.8 Å². The van der Waals surface area contributed by atoms with E-state index in [1.807, 2.05) is 114 Å². The van der Waals surface area contributed by atoms with Crippen LogP contribution in [0.3, 0.4) is 0 Å². The van der Waals surface area contributed by atoms with E-state index in [1.54, 1.807) is 25.3 Å². The number of carbonyl (C=O) groups excluding carboxylic acids is 1. The van der Waals surface area contributed by atoms with Crippen LogP contribution in [-0.4, -0.2) is 17.9 Å². The third kappa shape index (κ3) is 6.91. The van der Waals surface area contributed by atoms with Gasteiger partial charge in [0.1, 0.15) is 6.61 Å². The minimum absolute atomic E-state index is 0.215. The zero-order valence-electron chi connectivity index (χ0n) is 22.5. The molecule has 0 unspecified atom stereocenters. The third-order valence-corrected chi connectivity index (χ3v) is 7.33. The lowest BCUT2D eigenvalue weighted by Gasteiger charge is -2.33. The van der Waals surface area contributed by atoms with E-state index in [-0.39, 0.29) is 11.9 Å². The fourth-order valence-electron chi connectivity index (χ4n) is 4.78. The molecule has 41 heavy (non-hydrogen) atoms. The SMILES string of the molecule is COc1cc(CN(C(=O)c2ccc(Cl)cc2Cl)C(c2ccccc2)c2ccccc2)ccc1OCc1ccccc1. The van der Waals surface area contributed by atoms with Gasteiger partial charge >= 0.3 is 0 Å². The summed E-state index contributed by atoms with van der Waals surface area (Å²) in [5, 5.41) is 0.770. The van der Waals surface area contributed by atoms with E-state index < -0.39 is 0 Å². The van der Waals surface area contributed by atoms with Gasteiger partial charge in [0.2, 0.25) is 0 Å². The summed E-state index contributed by atoms with van der Waals surface area (Å²) >= 11 is 12.7. The number of amides is 1. The van der Waals surface area contributed by atoms with Crippen LogP contribution >= 0.6 is 23.2 Å². The van der Waals surface area contributed by atoms with Gasteiger partial charge in [-0.1, -0.05) is 120 Å². The molecule has 5 aromatic carbocycles. The average molecular weight is 583 g/mol. The second-order valence-electron chi connectivity index (χ2n) is 9.54. The van der Waals surface area contributed by atoms with Crippen LogP contribution in [0.15, 0.2) is 127 Å². The van der Waals surface area contributed by atoms with E-state index in [9.17, 15) is 4.79 Å². The van der Waals surface area contributed by atoms with Crippen molar-refractivity contribution in [2.45, 2.75) is 19.2 Å². The van der Waals surface area contributed by atoms with E-state index in [2.05, 4.69) is 0 Å². The molecular formula is C35H29Cl2NO3. The van der Waals surface area contributed by atoms with Crippen LogP contribution < -0.4 is 9.47 Å². The highest BCUT2D eigenvalue weighted by molar-refractivity contribution is 6.36. The maximum Gasteiger partial charge on any atom is 0.256 e. The van der Waals surface area contributed by atoms with Crippen LogP contribution in [0.4, 0.5) is 0 Å². The van der Waals surface area contributed by atoms with Crippen molar-refractivity contribution >= 4 is 29.1 Å². The third-order valence-electron chi connectivity index (χ3n) is 6.78. The standard InChI is InChI=1S/C35H29Cl2NO3/c1-40-33-21-26(17-20-32(33)41-24-25-11-5-2-6-12-25)23-38(35(39)30-19-18-29(36)22-31(30)37)34(27-13-7-3-8-14-27)28-15-9-4-10-16-28/h2-22,34H,23-24H2,1H3. The van der Waals surface area contributed by atoms with E-state index >= 15 is 0 Å². The highest BCUT2D eigenvalue weighted by Crippen LogP contribution is 2.35. The summed E-state index contributed by atoms with van der Waals surface area (Å²) in [7, 11) is 1.61. The second-order valence-corrected chi connectivity index (χ2v) is 10.4. The molecule has 0 aliphatic rings. The first-order chi connectivity index (χ1) is 20.0. The number of halogens is 2. The van der Waals surface area contributed by atoms with Crippen molar-refractivity contribution in [2.24, 2.45) is 0 Å². The Labute approximate surface area is 250 Å².